The minimum absolute atomic E-state index is 0.692. The molecule has 1 fully saturated rings. The third kappa shape index (κ3) is 4.59. The molecule has 0 aliphatic carbocycles. The summed E-state index contributed by atoms with van der Waals surface area (Å²) in [5.41, 5.74) is 0. The highest BCUT2D eigenvalue weighted by atomic mass is 15.2. The van der Waals surface area contributed by atoms with Gasteiger partial charge in [-0.25, -0.2) is 0 Å². The van der Waals surface area contributed by atoms with E-state index in [4.69, 9.17) is 0 Å². The average molecular weight is 240 g/mol. The summed E-state index contributed by atoms with van der Waals surface area (Å²) in [7, 11) is 0. The molecule has 2 nitrogen and oxygen atoms in total. The van der Waals surface area contributed by atoms with Crippen LogP contribution in [0.2, 0.25) is 0 Å². The van der Waals surface area contributed by atoms with Crippen LogP contribution in [0.4, 0.5) is 0 Å². The summed E-state index contributed by atoms with van der Waals surface area (Å²) in [4.78, 5) is 2.81. The molecule has 2 unspecified atom stereocenters. The molecule has 0 amide bonds. The van der Waals surface area contributed by atoms with E-state index in [1.165, 1.54) is 38.8 Å². The Kier molecular flexibility index (Phi) is 6.50. The first kappa shape index (κ1) is 15.0. The molecule has 102 valence electrons. The Morgan fingerprint density at radius 2 is 1.88 bits per heavy atom. The predicted molar refractivity (Wildman–Crippen MR) is 76.4 cm³/mol. The van der Waals surface area contributed by atoms with Crippen molar-refractivity contribution in [3.05, 3.63) is 0 Å². The maximum Gasteiger partial charge on any atom is 0.0125 e. The quantitative estimate of drug-likeness (QED) is 0.766. The second-order valence-corrected chi connectivity index (χ2v) is 6.09. The van der Waals surface area contributed by atoms with Crippen LogP contribution in [-0.2, 0) is 0 Å². The molecular weight excluding hydrogens is 208 g/mol. The van der Waals surface area contributed by atoms with Gasteiger partial charge in [-0.3, -0.25) is 4.90 Å². The van der Waals surface area contributed by atoms with Crippen molar-refractivity contribution in [3.8, 4) is 0 Å². The highest BCUT2D eigenvalue weighted by Crippen LogP contribution is 2.22. The van der Waals surface area contributed by atoms with Crippen molar-refractivity contribution >= 4 is 0 Å². The van der Waals surface area contributed by atoms with Gasteiger partial charge in [-0.15, -0.1) is 0 Å². The predicted octanol–water partition coefficient (Wildman–Crippen LogP) is 3.27. The van der Waals surface area contributed by atoms with Crippen molar-refractivity contribution < 1.29 is 0 Å². The number of nitrogens with one attached hydrogen (secondary N) is 1. The molecule has 17 heavy (non-hydrogen) atoms. The topological polar surface area (TPSA) is 15.3 Å². The largest absolute Gasteiger partial charge is 0.314 e. The van der Waals surface area contributed by atoms with Crippen molar-refractivity contribution in [3.63, 3.8) is 0 Å². The monoisotopic (exact) mass is 240 g/mol. The molecule has 1 aliphatic heterocycles. The maximum atomic E-state index is 3.57. The van der Waals surface area contributed by atoms with Gasteiger partial charge in [-0.1, -0.05) is 27.7 Å². The third-order valence-electron chi connectivity index (χ3n) is 4.05. The Morgan fingerprint density at radius 3 is 2.35 bits per heavy atom. The molecule has 0 spiro atoms. The van der Waals surface area contributed by atoms with Crippen molar-refractivity contribution in [2.45, 2.75) is 78.4 Å². The fraction of sp³-hybridized carbons (Fsp3) is 1.00. The Morgan fingerprint density at radius 1 is 1.24 bits per heavy atom. The molecule has 1 saturated heterocycles. The summed E-state index contributed by atoms with van der Waals surface area (Å²) in [5.74, 6) is 0.779. The molecule has 0 bridgehead atoms. The zero-order valence-corrected chi connectivity index (χ0v) is 12.5. The van der Waals surface area contributed by atoms with Crippen LogP contribution in [0.5, 0.6) is 0 Å². The smallest absolute Gasteiger partial charge is 0.0125 e. The van der Waals surface area contributed by atoms with E-state index in [9.17, 15) is 0 Å². The van der Waals surface area contributed by atoms with E-state index in [2.05, 4.69) is 44.8 Å². The lowest BCUT2D eigenvalue weighted by atomic mass is 9.95. The van der Waals surface area contributed by atoms with E-state index in [0.29, 0.717) is 6.04 Å². The zero-order valence-electron chi connectivity index (χ0n) is 12.5. The highest BCUT2D eigenvalue weighted by molar-refractivity contribution is 4.85. The Hall–Kier alpha value is -0.0800. The first-order valence-electron chi connectivity index (χ1n) is 7.57. The lowest BCUT2D eigenvalue weighted by Crippen LogP contribution is -2.51. The average Bonchev–Trinajstić information content (AvgIpc) is 2.29. The van der Waals surface area contributed by atoms with E-state index in [0.717, 1.165) is 18.0 Å². The van der Waals surface area contributed by atoms with Crippen LogP contribution < -0.4 is 5.32 Å². The molecule has 0 aromatic heterocycles. The van der Waals surface area contributed by atoms with Crippen LogP contribution in [0.25, 0.3) is 0 Å². The van der Waals surface area contributed by atoms with E-state index in [-0.39, 0.29) is 0 Å². The molecule has 1 heterocycles. The highest BCUT2D eigenvalue weighted by Gasteiger charge is 2.28. The molecular formula is C15H32N2. The van der Waals surface area contributed by atoms with Gasteiger partial charge >= 0.3 is 0 Å². The minimum Gasteiger partial charge on any atom is -0.314 e. The lowest BCUT2D eigenvalue weighted by molar-refractivity contribution is 0.0797. The van der Waals surface area contributed by atoms with Gasteiger partial charge in [-0.2, -0.15) is 0 Å². The van der Waals surface area contributed by atoms with Gasteiger partial charge in [0.1, 0.15) is 0 Å². The van der Waals surface area contributed by atoms with Gasteiger partial charge in [0.25, 0.3) is 0 Å². The van der Waals surface area contributed by atoms with Crippen molar-refractivity contribution in [1.29, 1.82) is 0 Å². The molecule has 1 N–H and O–H groups in total. The Balaban J connectivity index is 2.66. The fourth-order valence-corrected chi connectivity index (χ4v) is 3.18. The fourth-order valence-electron chi connectivity index (χ4n) is 3.18. The van der Waals surface area contributed by atoms with E-state index >= 15 is 0 Å². The summed E-state index contributed by atoms with van der Waals surface area (Å²) in [5, 5.41) is 3.57. The second kappa shape index (κ2) is 7.38. The summed E-state index contributed by atoms with van der Waals surface area (Å²) >= 11 is 0. The minimum atomic E-state index is 0.692. The molecule has 0 radical (unpaired) electrons. The van der Waals surface area contributed by atoms with E-state index in [1.807, 2.05) is 0 Å². The van der Waals surface area contributed by atoms with Crippen LogP contribution >= 0.6 is 0 Å². The van der Waals surface area contributed by atoms with Gasteiger partial charge in [0.05, 0.1) is 0 Å². The number of hydrogen-bond donors (Lipinski definition) is 1. The molecule has 0 aromatic carbocycles. The van der Waals surface area contributed by atoms with Crippen molar-refractivity contribution in [2.75, 3.05) is 13.1 Å². The number of piperidine rings is 1. The van der Waals surface area contributed by atoms with Crippen LogP contribution in [-0.4, -0.2) is 36.1 Å². The van der Waals surface area contributed by atoms with E-state index < -0.39 is 0 Å². The van der Waals surface area contributed by atoms with Gasteiger partial charge in [0.15, 0.2) is 0 Å². The van der Waals surface area contributed by atoms with Crippen molar-refractivity contribution in [1.82, 2.24) is 10.2 Å². The number of hydrogen-bond acceptors (Lipinski definition) is 2. The molecule has 2 atom stereocenters. The summed E-state index contributed by atoms with van der Waals surface area (Å²) in [6.45, 7) is 14.2. The standard InChI is InChI=1S/C15H32N2/c1-6-14(7-2)17(11-12(3)4)15-8-9-16-13(5)10-15/h12-16H,6-11H2,1-5H3. The van der Waals surface area contributed by atoms with Gasteiger partial charge in [-0.05, 0) is 45.1 Å². The van der Waals surface area contributed by atoms with E-state index in [1.54, 1.807) is 0 Å². The maximum absolute atomic E-state index is 3.57. The summed E-state index contributed by atoms with van der Waals surface area (Å²) < 4.78 is 0. The zero-order chi connectivity index (χ0) is 12.8. The first-order valence-corrected chi connectivity index (χ1v) is 7.57. The van der Waals surface area contributed by atoms with Gasteiger partial charge in [0.2, 0.25) is 0 Å². The molecule has 0 aromatic rings. The SMILES string of the molecule is CCC(CC)N(CC(C)C)C1CCNC(C)C1. The summed E-state index contributed by atoms with van der Waals surface area (Å²) in [6, 6.07) is 2.28. The third-order valence-corrected chi connectivity index (χ3v) is 4.05. The van der Waals surface area contributed by atoms with Crippen LogP contribution in [0, 0.1) is 5.92 Å². The van der Waals surface area contributed by atoms with Crippen LogP contribution in [0.1, 0.15) is 60.3 Å². The molecule has 2 heteroatoms. The Bertz CT molecular complexity index is 199. The second-order valence-electron chi connectivity index (χ2n) is 6.09. The molecule has 1 aliphatic rings. The number of rotatable bonds is 6. The first-order chi connectivity index (χ1) is 8.08. The molecule has 0 saturated carbocycles. The van der Waals surface area contributed by atoms with Crippen LogP contribution in [0.3, 0.4) is 0 Å². The summed E-state index contributed by atoms with van der Waals surface area (Å²) in [6.07, 6.45) is 5.24. The van der Waals surface area contributed by atoms with Gasteiger partial charge in [0, 0.05) is 24.7 Å². The lowest BCUT2D eigenvalue weighted by Gasteiger charge is -2.42. The Labute approximate surface area is 108 Å². The van der Waals surface area contributed by atoms with Crippen LogP contribution in [0.15, 0.2) is 0 Å². The molecule has 1 rings (SSSR count). The normalized spacial score (nSPS) is 26.1. The van der Waals surface area contributed by atoms with Crippen molar-refractivity contribution in [2.24, 2.45) is 5.92 Å². The number of nitrogens with zero attached hydrogens (tertiary/aromatic N) is 1. The van der Waals surface area contributed by atoms with Gasteiger partial charge < -0.3 is 5.32 Å².